The Balaban J connectivity index is 2.45. The third-order valence-electron chi connectivity index (χ3n) is 2.57. The third-order valence-corrected chi connectivity index (χ3v) is 3.49. The number of nitrogen functional groups attached to an aromatic ring is 1. The monoisotopic (exact) mass is 358 g/mol. The molecule has 20 heavy (non-hydrogen) atoms. The van der Waals surface area contributed by atoms with Crippen LogP contribution in [0.25, 0.3) is 0 Å². The molecule has 0 aromatic heterocycles. The van der Waals surface area contributed by atoms with E-state index in [0.717, 1.165) is 12.1 Å². The first-order chi connectivity index (χ1) is 9.38. The Morgan fingerprint density at radius 2 is 2.00 bits per heavy atom. The molecule has 4 N–H and O–H groups in total. The fourth-order valence-electron chi connectivity index (χ4n) is 1.61. The Hall–Kier alpha value is -1.79. The molecular formula is C13H9BrClFN2O2. The van der Waals surface area contributed by atoms with Crippen LogP contribution in [0.1, 0.15) is 10.4 Å². The highest BCUT2D eigenvalue weighted by atomic mass is 79.9. The van der Waals surface area contributed by atoms with Crippen molar-refractivity contribution in [3.8, 4) is 0 Å². The summed E-state index contributed by atoms with van der Waals surface area (Å²) < 4.78 is 14.5. The summed E-state index contributed by atoms with van der Waals surface area (Å²) in [5.41, 5.74) is 5.66. The van der Waals surface area contributed by atoms with Gasteiger partial charge in [-0.25, -0.2) is 9.18 Å². The number of halogens is 3. The number of benzene rings is 2. The first kappa shape index (κ1) is 14.6. The van der Waals surface area contributed by atoms with Crippen LogP contribution < -0.4 is 11.1 Å². The van der Waals surface area contributed by atoms with Gasteiger partial charge in [0, 0.05) is 15.2 Å². The molecule has 2 aromatic carbocycles. The van der Waals surface area contributed by atoms with Crippen LogP contribution in [0.2, 0.25) is 5.02 Å². The molecule has 0 saturated heterocycles. The first-order valence-corrected chi connectivity index (χ1v) is 6.60. The van der Waals surface area contributed by atoms with Crippen molar-refractivity contribution in [3.05, 3.63) is 51.2 Å². The average molecular weight is 360 g/mol. The normalized spacial score (nSPS) is 10.3. The molecular weight excluding hydrogens is 351 g/mol. The van der Waals surface area contributed by atoms with Crippen LogP contribution >= 0.6 is 27.5 Å². The third kappa shape index (κ3) is 3.02. The van der Waals surface area contributed by atoms with Gasteiger partial charge >= 0.3 is 5.97 Å². The second kappa shape index (κ2) is 5.68. The molecule has 7 heteroatoms. The molecule has 0 saturated carbocycles. The van der Waals surface area contributed by atoms with Crippen molar-refractivity contribution >= 4 is 50.6 Å². The van der Waals surface area contributed by atoms with Gasteiger partial charge < -0.3 is 16.2 Å². The molecule has 2 rings (SSSR count). The zero-order valence-electron chi connectivity index (χ0n) is 9.95. The van der Waals surface area contributed by atoms with Gasteiger partial charge in [0.1, 0.15) is 5.82 Å². The van der Waals surface area contributed by atoms with Crippen LogP contribution in [0, 0.1) is 5.82 Å². The Morgan fingerprint density at radius 3 is 2.65 bits per heavy atom. The second-order valence-electron chi connectivity index (χ2n) is 3.97. The SMILES string of the molecule is Nc1cc(F)c(Nc2cc(Cl)ccc2Br)cc1C(=O)O. The van der Waals surface area contributed by atoms with Gasteiger partial charge in [-0.05, 0) is 46.3 Å². The van der Waals surface area contributed by atoms with E-state index in [2.05, 4.69) is 21.2 Å². The predicted octanol–water partition coefficient (Wildman–Crippen LogP) is 4.27. The largest absolute Gasteiger partial charge is 0.478 e. The highest BCUT2D eigenvalue weighted by Crippen LogP contribution is 2.31. The van der Waals surface area contributed by atoms with Crippen molar-refractivity contribution in [1.29, 1.82) is 0 Å². The summed E-state index contributed by atoms with van der Waals surface area (Å²) >= 11 is 9.15. The number of anilines is 3. The van der Waals surface area contributed by atoms with Crippen molar-refractivity contribution in [2.75, 3.05) is 11.1 Å². The lowest BCUT2D eigenvalue weighted by Crippen LogP contribution is -2.05. The van der Waals surface area contributed by atoms with Gasteiger partial charge in [-0.15, -0.1) is 0 Å². The van der Waals surface area contributed by atoms with Gasteiger partial charge in [0.15, 0.2) is 0 Å². The van der Waals surface area contributed by atoms with E-state index < -0.39 is 11.8 Å². The summed E-state index contributed by atoms with van der Waals surface area (Å²) in [5, 5.41) is 12.2. The number of carboxylic acid groups (broad SMARTS) is 1. The maximum Gasteiger partial charge on any atom is 0.337 e. The minimum absolute atomic E-state index is 0.000401. The molecule has 0 radical (unpaired) electrons. The van der Waals surface area contributed by atoms with E-state index in [4.69, 9.17) is 22.4 Å². The molecule has 0 atom stereocenters. The fraction of sp³-hybridized carbons (Fsp3) is 0. The smallest absolute Gasteiger partial charge is 0.337 e. The van der Waals surface area contributed by atoms with Crippen LogP contribution in [0.15, 0.2) is 34.8 Å². The van der Waals surface area contributed by atoms with E-state index in [9.17, 15) is 9.18 Å². The van der Waals surface area contributed by atoms with E-state index in [0.29, 0.717) is 15.2 Å². The fourth-order valence-corrected chi connectivity index (χ4v) is 2.13. The highest BCUT2D eigenvalue weighted by molar-refractivity contribution is 9.10. The van der Waals surface area contributed by atoms with E-state index >= 15 is 0 Å². The molecule has 0 bridgehead atoms. The molecule has 104 valence electrons. The van der Waals surface area contributed by atoms with E-state index in [-0.39, 0.29) is 16.9 Å². The second-order valence-corrected chi connectivity index (χ2v) is 5.26. The number of nitrogens with two attached hydrogens (primary N) is 1. The summed E-state index contributed by atoms with van der Waals surface area (Å²) in [6.07, 6.45) is 0. The van der Waals surface area contributed by atoms with Gasteiger partial charge in [-0.3, -0.25) is 0 Å². The zero-order valence-corrected chi connectivity index (χ0v) is 12.3. The molecule has 0 aliphatic heterocycles. The van der Waals surface area contributed by atoms with Crippen LogP contribution in [-0.2, 0) is 0 Å². The van der Waals surface area contributed by atoms with E-state index in [1.165, 1.54) is 0 Å². The summed E-state index contributed by atoms with van der Waals surface area (Å²) in [6.45, 7) is 0. The molecule has 0 heterocycles. The van der Waals surface area contributed by atoms with Crippen LogP contribution in [0.4, 0.5) is 21.5 Å². The van der Waals surface area contributed by atoms with Crippen molar-refractivity contribution in [2.24, 2.45) is 0 Å². The van der Waals surface area contributed by atoms with Crippen molar-refractivity contribution < 1.29 is 14.3 Å². The highest BCUT2D eigenvalue weighted by Gasteiger charge is 2.14. The van der Waals surface area contributed by atoms with Gasteiger partial charge in [0.25, 0.3) is 0 Å². The molecule has 0 fully saturated rings. The molecule has 0 amide bonds. The quantitative estimate of drug-likeness (QED) is 0.716. The van der Waals surface area contributed by atoms with E-state index in [1.54, 1.807) is 18.2 Å². The lowest BCUT2D eigenvalue weighted by Gasteiger charge is -2.12. The lowest BCUT2D eigenvalue weighted by molar-refractivity contribution is 0.0698. The van der Waals surface area contributed by atoms with Crippen LogP contribution in [-0.4, -0.2) is 11.1 Å². The van der Waals surface area contributed by atoms with E-state index in [1.807, 2.05) is 0 Å². The molecule has 0 aliphatic rings. The first-order valence-electron chi connectivity index (χ1n) is 5.43. The molecule has 2 aromatic rings. The van der Waals surface area contributed by atoms with Crippen LogP contribution in [0.3, 0.4) is 0 Å². The molecule has 4 nitrogen and oxygen atoms in total. The summed E-state index contributed by atoms with van der Waals surface area (Å²) in [6, 6.07) is 7.04. The summed E-state index contributed by atoms with van der Waals surface area (Å²) in [7, 11) is 0. The number of hydrogen-bond acceptors (Lipinski definition) is 3. The number of carbonyl (C=O) groups is 1. The maximum absolute atomic E-state index is 13.8. The Morgan fingerprint density at radius 1 is 1.30 bits per heavy atom. The Kier molecular flexibility index (Phi) is 4.15. The average Bonchev–Trinajstić information content (AvgIpc) is 2.36. The van der Waals surface area contributed by atoms with Crippen molar-refractivity contribution in [2.45, 2.75) is 0 Å². The number of aromatic carboxylic acids is 1. The number of hydrogen-bond donors (Lipinski definition) is 3. The minimum Gasteiger partial charge on any atom is -0.478 e. The summed E-state index contributed by atoms with van der Waals surface area (Å²) in [5.74, 6) is -1.88. The number of carboxylic acids is 1. The topological polar surface area (TPSA) is 75.3 Å². The maximum atomic E-state index is 13.8. The minimum atomic E-state index is -1.23. The van der Waals surface area contributed by atoms with Crippen molar-refractivity contribution in [3.63, 3.8) is 0 Å². The Bertz CT molecular complexity index is 694. The van der Waals surface area contributed by atoms with Gasteiger partial charge in [-0.1, -0.05) is 11.6 Å². The molecule has 0 spiro atoms. The molecule has 0 aliphatic carbocycles. The van der Waals surface area contributed by atoms with Gasteiger partial charge in [-0.2, -0.15) is 0 Å². The number of nitrogens with one attached hydrogen (secondary N) is 1. The zero-order chi connectivity index (χ0) is 14.9. The number of rotatable bonds is 3. The standard InChI is InChI=1S/C13H9BrClFN2O2/c14-8-2-1-6(15)3-11(8)18-12-4-7(13(19)20)10(17)5-9(12)16/h1-5,18H,17H2,(H,19,20). The predicted molar refractivity (Wildman–Crippen MR) is 80.2 cm³/mol. The van der Waals surface area contributed by atoms with Gasteiger partial charge in [0.05, 0.1) is 16.9 Å². The molecule has 0 unspecified atom stereocenters. The van der Waals surface area contributed by atoms with Crippen LogP contribution in [0.5, 0.6) is 0 Å². The van der Waals surface area contributed by atoms with Gasteiger partial charge in [0.2, 0.25) is 0 Å². The van der Waals surface area contributed by atoms with Crippen molar-refractivity contribution in [1.82, 2.24) is 0 Å². The lowest BCUT2D eigenvalue weighted by atomic mass is 10.1. The Labute approximate surface area is 127 Å². The summed E-state index contributed by atoms with van der Waals surface area (Å²) in [4.78, 5) is 11.0.